The molecule has 136 valence electrons. The summed E-state index contributed by atoms with van der Waals surface area (Å²) in [6.45, 7) is 0.127. The van der Waals surface area contributed by atoms with E-state index in [4.69, 9.17) is 14.2 Å². The Kier molecular flexibility index (Phi) is 6.31. The van der Waals surface area contributed by atoms with Gasteiger partial charge in [0.2, 0.25) is 15.8 Å². The highest BCUT2D eigenvalue weighted by molar-refractivity contribution is 9.10. The molecule has 25 heavy (non-hydrogen) atoms. The summed E-state index contributed by atoms with van der Waals surface area (Å²) in [6, 6.07) is 9.98. The van der Waals surface area contributed by atoms with Crippen LogP contribution >= 0.6 is 15.9 Å². The SMILES string of the molecule is COc1ccc(CN(C)S(=O)(=O)c2ccc(Br)cc2)c(OC)c1OC. The van der Waals surface area contributed by atoms with Crippen LogP contribution in [0.5, 0.6) is 17.2 Å². The molecule has 0 atom stereocenters. The third-order valence-corrected chi connectivity index (χ3v) is 6.05. The van der Waals surface area contributed by atoms with Crippen LogP contribution in [0.15, 0.2) is 45.8 Å². The quantitative estimate of drug-likeness (QED) is 0.675. The van der Waals surface area contributed by atoms with E-state index in [0.29, 0.717) is 22.8 Å². The van der Waals surface area contributed by atoms with Crippen LogP contribution in [-0.2, 0) is 16.6 Å². The molecule has 0 spiro atoms. The number of methoxy groups -OCH3 is 3. The summed E-state index contributed by atoms with van der Waals surface area (Å²) >= 11 is 3.30. The van der Waals surface area contributed by atoms with Gasteiger partial charge in [0, 0.05) is 23.6 Å². The average Bonchev–Trinajstić information content (AvgIpc) is 2.61. The molecule has 2 rings (SSSR count). The molecule has 8 heteroatoms. The van der Waals surface area contributed by atoms with Crippen molar-refractivity contribution >= 4 is 26.0 Å². The van der Waals surface area contributed by atoms with E-state index in [-0.39, 0.29) is 11.4 Å². The Morgan fingerprint density at radius 1 is 0.920 bits per heavy atom. The van der Waals surface area contributed by atoms with Crippen molar-refractivity contribution in [3.63, 3.8) is 0 Å². The molecule has 6 nitrogen and oxygen atoms in total. The van der Waals surface area contributed by atoms with Gasteiger partial charge in [-0.25, -0.2) is 8.42 Å². The molecule has 0 saturated heterocycles. The minimum absolute atomic E-state index is 0.127. The second-order valence-electron chi connectivity index (χ2n) is 5.21. The van der Waals surface area contributed by atoms with Gasteiger partial charge in [-0.05, 0) is 30.3 Å². The normalized spacial score (nSPS) is 11.4. The Labute approximate surface area is 156 Å². The first-order chi connectivity index (χ1) is 11.8. The van der Waals surface area contributed by atoms with Gasteiger partial charge in [-0.2, -0.15) is 4.31 Å². The maximum absolute atomic E-state index is 12.7. The zero-order valence-electron chi connectivity index (χ0n) is 14.4. The van der Waals surface area contributed by atoms with E-state index in [0.717, 1.165) is 4.47 Å². The Morgan fingerprint density at radius 3 is 2.04 bits per heavy atom. The van der Waals surface area contributed by atoms with Crippen molar-refractivity contribution in [2.75, 3.05) is 28.4 Å². The van der Waals surface area contributed by atoms with E-state index in [1.165, 1.54) is 32.7 Å². The predicted octanol–water partition coefficient (Wildman–Crippen LogP) is 3.30. The van der Waals surface area contributed by atoms with Gasteiger partial charge in [-0.15, -0.1) is 0 Å². The van der Waals surface area contributed by atoms with Crippen LogP contribution in [0.1, 0.15) is 5.56 Å². The van der Waals surface area contributed by atoms with Crippen LogP contribution in [0.2, 0.25) is 0 Å². The van der Waals surface area contributed by atoms with E-state index in [2.05, 4.69) is 15.9 Å². The Hall–Kier alpha value is -1.77. The smallest absolute Gasteiger partial charge is 0.243 e. The summed E-state index contributed by atoms with van der Waals surface area (Å²) < 4.78 is 43.6. The van der Waals surface area contributed by atoms with Gasteiger partial charge in [0.15, 0.2) is 11.5 Å². The topological polar surface area (TPSA) is 65.1 Å². The molecular weight excluding hydrogens is 410 g/mol. The van der Waals surface area contributed by atoms with E-state index in [1.807, 2.05) is 0 Å². The Balaban J connectivity index is 2.37. The second kappa shape index (κ2) is 8.07. The van der Waals surface area contributed by atoms with E-state index in [1.54, 1.807) is 36.4 Å². The molecular formula is C17H20BrNO5S. The summed E-state index contributed by atoms with van der Waals surface area (Å²) in [5.41, 5.74) is 0.670. The third kappa shape index (κ3) is 4.08. The zero-order chi connectivity index (χ0) is 18.6. The molecule has 0 unspecified atom stereocenters. The predicted molar refractivity (Wildman–Crippen MR) is 98.9 cm³/mol. The van der Waals surface area contributed by atoms with E-state index in [9.17, 15) is 8.42 Å². The van der Waals surface area contributed by atoms with Gasteiger partial charge in [-0.1, -0.05) is 22.0 Å². The zero-order valence-corrected chi connectivity index (χ0v) is 16.8. The van der Waals surface area contributed by atoms with Crippen LogP contribution in [0, 0.1) is 0 Å². The molecule has 0 saturated carbocycles. The molecule has 0 radical (unpaired) electrons. The number of hydrogen-bond donors (Lipinski definition) is 0. The molecule has 2 aromatic carbocycles. The Morgan fingerprint density at radius 2 is 1.52 bits per heavy atom. The average molecular weight is 430 g/mol. The maximum Gasteiger partial charge on any atom is 0.243 e. The lowest BCUT2D eigenvalue weighted by atomic mass is 10.1. The minimum atomic E-state index is -3.63. The standard InChI is InChI=1S/C17H20BrNO5S/c1-19(25(20,21)14-8-6-13(18)7-9-14)11-12-5-10-15(22-2)17(24-4)16(12)23-3/h5-10H,11H2,1-4H3. The first-order valence-corrected chi connectivity index (χ1v) is 9.58. The van der Waals surface area contributed by atoms with Crippen LogP contribution in [0.4, 0.5) is 0 Å². The monoisotopic (exact) mass is 429 g/mol. The molecule has 0 aromatic heterocycles. The molecule has 0 aliphatic carbocycles. The fourth-order valence-electron chi connectivity index (χ4n) is 2.40. The molecule has 0 heterocycles. The highest BCUT2D eigenvalue weighted by Gasteiger charge is 2.24. The Bertz CT molecular complexity index is 837. The fraction of sp³-hybridized carbons (Fsp3) is 0.294. The molecule has 0 amide bonds. The molecule has 0 N–H and O–H groups in total. The van der Waals surface area contributed by atoms with Gasteiger partial charge in [0.25, 0.3) is 0 Å². The first-order valence-electron chi connectivity index (χ1n) is 7.35. The summed E-state index contributed by atoms with van der Waals surface area (Å²) in [5, 5.41) is 0. The highest BCUT2D eigenvalue weighted by Crippen LogP contribution is 2.40. The van der Waals surface area contributed by atoms with Gasteiger partial charge < -0.3 is 14.2 Å². The van der Waals surface area contributed by atoms with Crippen molar-refractivity contribution in [2.24, 2.45) is 0 Å². The molecule has 0 fully saturated rings. The van der Waals surface area contributed by atoms with Crippen molar-refractivity contribution in [3.05, 3.63) is 46.4 Å². The number of benzene rings is 2. The minimum Gasteiger partial charge on any atom is -0.493 e. The van der Waals surface area contributed by atoms with Crippen molar-refractivity contribution in [3.8, 4) is 17.2 Å². The molecule has 0 aliphatic heterocycles. The fourth-order valence-corrected chi connectivity index (χ4v) is 3.81. The summed E-state index contributed by atoms with van der Waals surface area (Å²) in [7, 11) is 2.43. The number of ether oxygens (including phenoxy) is 3. The largest absolute Gasteiger partial charge is 0.493 e. The van der Waals surface area contributed by atoms with Gasteiger partial charge >= 0.3 is 0 Å². The summed E-state index contributed by atoms with van der Waals surface area (Å²) in [6.07, 6.45) is 0. The van der Waals surface area contributed by atoms with Crippen molar-refractivity contribution in [1.29, 1.82) is 0 Å². The van der Waals surface area contributed by atoms with Crippen LogP contribution < -0.4 is 14.2 Å². The van der Waals surface area contributed by atoms with Gasteiger partial charge in [0.1, 0.15) is 0 Å². The maximum atomic E-state index is 12.7. The highest BCUT2D eigenvalue weighted by atomic mass is 79.9. The van der Waals surface area contributed by atoms with E-state index < -0.39 is 10.0 Å². The lowest BCUT2D eigenvalue weighted by molar-refractivity contribution is 0.319. The second-order valence-corrected chi connectivity index (χ2v) is 8.17. The summed E-state index contributed by atoms with van der Waals surface area (Å²) in [4.78, 5) is 0.220. The van der Waals surface area contributed by atoms with Crippen molar-refractivity contribution < 1.29 is 22.6 Å². The number of halogens is 1. The number of hydrogen-bond acceptors (Lipinski definition) is 5. The molecule has 0 aliphatic rings. The lowest BCUT2D eigenvalue weighted by Gasteiger charge is -2.20. The van der Waals surface area contributed by atoms with Crippen LogP contribution in [0.25, 0.3) is 0 Å². The first kappa shape index (κ1) is 19.6. The van der Waals surface area contributed by atoms with Gasteiger partial charge in [-0.3, -0.25) is 0 Å². The van der Waals surface area contributed by atoms with Gasteiger partial charge in [0.05, 0.1) is 26.2 Å². The van der Waals surface area contributed by atoms with Crippen LogP contribution in [-0.4, -0.2) is 41.1 Å². The lowest BCUT2D eigenvalue weighted by Crippen LogP contribution is -2.26. The molecule has 0 bridgehead atoms. The summed E-state index contributed by atoms with van der Waals surface area (Å²) in [5.74, 6) is 1.39. The molecule has 2 aromatic rings. The van der Waals surface area contributed by atoms with Crippen LogP contribution in [0.3, 0.4) is 0 Å². The third-order valence-electron chi connectivity index (χ3n) is 3.70. The number of sulfonamides is 1. The van der Waals surface area contributed by atoms with Crippen molar-refractivity contribution in [2.45, 2.75) is 11.4 Å². The number of rotatable bonds is 7. The van der Waals surface area contributed by atoms with Crippen molar-refractivity contribution in [1.82, 2.24) is 4.31 Å². The van der Waals surface area contributed by atoms with E-state index >= 15 is 0 Å². The number of nitrogens with zero attached hydrogens (tertiary/aromatic N) is 1.